The third kappa shape index (κ3) is 3.58. The van der Waals surface area contributed by atoms with Gasteiger partial charge in [-0.15, -0.1) is 0 Å². The fourth-order valence-corrected chi connectivity index (χ4v) is 3.50. The van der Waals surface area contributed by atoms with E-state index in [1.165, 1.54) is 13.2 Å². The lowest BCUT2D eigenvalue weighted by Crippen LogP contribution is -2.36. The van der Waals surface area contributed by atoms with Crippen LogP contribution in [0.4, 0.5) is 24.8 Å². The summed E-state index contributed by atoms with van der Waals surface area (Å²) in [5, 5.41) is 13.0. The van der Waals surface area contributed by atoms with Crippen molar-refractivity contribution in [2.24, 2.45) is 0 Å². The van der Waals surface area contributed by atoms with Crippen molar-refractivity contribution in [1.82, 2.24) is 14.9 Å². The van der Waals surface area contributed by atoms with Gasteiger partial charge in [-0.1, -0.05) is 23.4 Å². The highest BCUT2D eigenvalue weighted by Crippen LogP contribution is 2.45. The predicted octanol–water partition coefficient (Wildman–Crippen LogP) is 4.10. The largest absolute Gasteiger partial charge is 0.496 e. The highest BCUT2D eigenvalue weighted by molar-refractivity contribution is 6.07. The van der Waals surface area contributed by atoms with Crippen LogP contribution in [0.2, 0.25) is 0 Å². The van der Waals surface area contributed by atoms with Crippen molar-refractivity contribution in [2.75, 3.05) is 17.7 Å². The Bertz CT molecular complexity index is 1080. The molecule has 1 amide bonds. The van der Waals surface area contributed by atoms with E-state index in [0.717, 1.165) is 10.9 Å². The molecule has 11 heteroatoms. The van der Waals surface area contributed by atoms with Gasteiger partial charge in [0.25, 0.3) is 5.91 Å². The minimum absolute atomic E-state index is 0.0304. The molecule has 0 saturated carbocycles. The van der Waals surface area contributed by atoms with Crippen LogP contribution >= 0.6 is 0 Å². The second-order valence-corrected chi connectivity index (χ2v) is 6.86. The molecule has 8 nitrogen and oxygen atoms in total. The number of aromatic nitrogens is 3. The zero-order valence-corrected chi connectivity index (χ0v) is 16.0. The van der Waals surface area contributed by atoms with Crippen molar-refractivity contribution in [3.05, 3.63) is 53.4 Å². The van der Waals surface area contributed by atoms with Crippen LogP contribution in [0.15, 0.2) is 41.1 Å². The van der Waals surface area contributed by atoms with Crippen LogP contribution in [0.1, 0.15) is 40.2 Å². The maximum absolute atomic E-state index is 13.8. The van der Waals surface area contributed by atoms with Gasteiger partial charge in [0.15, 0.2) is 11.9 Å². The minimum Gasteiger partial charge on any atom is -0.496 e. The van der Waals surface area contributed by atoms with Crippen LogP contribution < -0.4 is 15.4 Å². The number of hydrogen-bond acceptors (Lipinski definition) is 6. The van der Waals surface area contributed by atoms with Gasteiger partial charge in [-0.25, -0.2) is 4.68 Å². The Morgan fingerprint density at radius 2 is 2.13 bits per heavy atom. The molecule has 0 unspecified atom stereocenters. The van der Waals surface area contributed by atoms with Gasteiger partial charge in [0.05, 0.1) is 19.3 Å². The molecule has 3 aromatic rings. The van der Waals surface area contributed by atoms with E-state index < -0.39 is 24.2 Å². The van der Waals surface area contributed by atoms with E-state index in [0.29, 0.717) is 17.1 Å². The van der Waals surface area contributed by atoms with Gasteiger partial charge in [0, 0.05) is 18.1 Å². The summed E-state index contributed by atoms with van der Waals surface area (Å²) in [6, 6.07) is 5.67. The van der Waals surface area contributed by atoms with Crippen molar-refractivity contribution >= 4 is 17.5 Å². The van der Waals surface area contributed by atoms with Crippen molar-refractivity contribution in [3.63, 3.8) is 0 Å². The maximum atomic E-state index is 13.8. The van der Waals surface area contributed by atoms with Crippen LogP contribution in [-0.4, -0.2) is 34.1 Å². The first kappa shape index (κ1) is 19.8. The Morgan fingerprint density at radius 3 is 2.80 bits per heavy atom. The Labute approximate surface area is 169 Å². The van der Waals surface area contributed by atoms with E-state index in [1.54, 1.807) is 31.2 Å². The van der Waals surface area contributed by atoms with E-state index in [9.17, 15) is 18.0 Å². The zero-order valence-electron chi connectivity index (χ0n) is 16.0. The number of carbonyl (C=O) groups is 1. The SMILES string of the molecule is COc1ccccc1[C@@H]1C[C@@H](C(F)(F)F)n2ncc(C(=O)Nc3cc(C)on3)c2N1. The Kier molecular flexibility index (Phi) is 4.88. The molecule has 3 heterocycles. The molecule has 0 spiro atoms. The highest BCUT2D eigenvalue weighted by Gasteiger charge is 2.47. The molecule has 2 aromatic heterocycles. The second kappa shape index (κ2) is 7.39. The molecule has 1 aliphatic heterocycles. The number of rotatable bonds is 4. The van der Waals surface area contributed by atoms with E-state index >= 15 is 0 Å². The molecule has 0 aliphatic carbocycles. The highest BCUT2D eigenvalue weighted by atomic mass is 19.4. The summed E-state index contributed by atoms with van der Waals surface area (Å²) < 4.78 is 52.4. The number of benzene rings is 1. The lowest BCUT2D eigenvalue weighted by Gasteiger charge is -2.34. The number of anilines is 2. The third-order valence-corrected chi connectivity index (χ3v) is 4.87. The minimum atomic E-state index is -4.56. The van der Waals surface area contributed by atoms with Gasteiger partial charge in [-0.3, -0.25) is 4.79 Å². The maximum Gasteiger partial charge on any atom is 0.410 e. The fraction of sp³-hybridized carbons (Fsp3) is 0.316. The molecular weight excluding hydrogens is 403 g/mol. The van der Waals surface area contributed by atoms with Crippen LogP contribution in [0, 0.1) is 6.92 Å². The number of ether oxygens (including phenoxy) is 1. The second-order valence-electron chi connectivity index (χ2n) is 6.86. The first-order chi connectivity index (χ1) is 14.3. The number of nitrogens with zero attached hydrogens (tertiary/aromatic N) is 3. The number of methoxy groups -OCH3 is 1. The number of hydrogen-bond donors (Lipinski definition) is 2. The Hall–Kier alpha value is -3.50. The van der Waals surface area contributed by atoms with Crippen LogP contribution in [0.5, 0.6) is 5.75 Å². The quantitative estimate of drug-likeness (QED) is 0.659. The average molecular weight is 421 g/mol. The number of alkyl halides is 3. The van der Waals surface area contributed by atoms with Crippen molar-refractivity contribution in [1.29, 1.82) is 0 Å². The molecule has 1 aromatic carbocycles. The number of aryl methyl sites for hydroxylation is 1. The zero-order chi connectivity index (χ0) is 21.5. The molecule has 4 rings (SSSR count). The predicted molar refractivity (Wildman–Crippen MR) is 100 cm³/mol. The van der Waals surface area contributed by atoms with Gasteiger partial charge in [-0.2, -0.15) is 18.3 Å². The molecule has 0 bridgehead atoms. The van der Waals surface area contributed by atoms with Gasteiger partial charge >= 0.3 is 6.18 Å². The fourth-order valence-electron chi connectivity index (χ4n) is 3.50. The molecule has 1 aliphatic rings. The van der Waals surface area contributed by atoms with E-state index in [-0.39, 0.29) is 23.6 Å². The van der Waals surface area contributed by atoms with E-state index in [2.05, 4.69) is 20.9 Å². The summed E-state index contributed by atoms with van der Waals surface area (Å²) in [5.74, 6) is 0.402. The molecule has 0 radical (unpaired) electrons. The topological polar surface area (TPSA) is 94.2 Å². The molecule has 0 fully saturated rings. The van der Waals surface area contributed by atoms with Crippen LogP contribution in [0.3, 0.4) is 0 Å². The number of amides is 1. The first-order valence-electron chi connectivity index (χ1n) is 9.06. The molecule has 30 heavy (non-hydrogen) atoms. The molecule has 158 valence electrons. The molecule has 2 atom stereocenters. The number of nitrogens with one attached hydrogen (secondary N) is 2. The number of fused-ring (bicyclic) bond motifs is 1. The number of halogens is 3. The van der Waals surface area contributed by atoms with Crippen molar-refractivity contribution in [3.8, 4) is 5.75 Å². The molecule has 2 N–H and O–H groups in total. The summed E-state index contributed by atoms with van der Waals surface area (Å²) in [6.45, 7) is 1.65. The van der Waals surface area contributed by atoms with Crippen LogP contribution in [-0.2, 0) is 0 Å². The Balaban J connectivity index is 1.72. The summed E-state index contributed by atoms with van der Waals surface area (Å²) in [7, 11) is 1.45. The average Bonchev–Trinajstić information content (AvgIpc) is 3.32. The number of carbonyl (C=O) groups excluding carboxylic acids is 1. The smallest absolute Gasteiger partial charge is 0.410 e. The number of para-hydroxylation sites is 1. The summed E-state index contributed by atoms with van der Waals surface area (Å²) >= 11 is 0. The van der Waals surface area contributed by atoms with Crippen LogP contribution in [0.25, 0.3) is 0 Å². The standard InChI is InChI=1S/C19H18F3N5O3/c1-10-7-16(26-30-10)25-18(28)12-9-23-27-15(19(20,21)22)8-13(24-17(12)27)11-5-3-4-6-14(11)29-2/h3-7,9,13,15,24H,8H2,1-2H3,(H,25,26,28)/t13-,15-/m0/s1. The first-order valence-corrected chi connectivity index (χ1v) is 9.06. The molecule has 0 saturated heterocycles. The van der Waals surface area contributed by atoms with Gasteiger partial charge in [0.2, 0.25) is 0 Å². The van der Waals surface area contributed by atoms with Crippen molar-refractivity contribution in [2.45, 2.75) is 31.6 Å². The normalized spacial score (nSPS) is 18.4. The van der Waals surface area contributed by atoms with Gasteiger partial charge in [0.1, 0.15) is 22.9 Å². The van der Waals surface area contributed by atoms with Gasteiger partial charge in [-0.05, 0) is 13.0 Å². The third-order valence-electron chi connectivity index (χ3n) is 4.87. The Morgan fingerprint density at radius 1 is 1.37 bits per heavy atom. The summed E-state index contributed by atoms with van der Waals surface area (Å²) in [5.41, 5.74) is 0.518. The summed E-state index contributed by atoms with van der Waals surface area (Å²) in [4.78, 5) is 12.7. The lowest BCUT2D eigenvalue weighted by atomic mass is 9.95. The molecular formula is C19H18F3N5O3. The van der Waals surface area contributed by atoms with E-state index in [4.69, 9.17) is 9.26 Å². The van der Waals surface area contributed by atoms with Gasteiger partial charge < -0.3 is 19.9 Å². The van der Waals surface area contributed by atoms with E-state index in [1.807, 2.05) is 0 Å². The van der Waals surface area contributed by atoms with Crippen molar-refractivity contribution < 1.29 is 27.2 Å². The lowest BCUT2D eigenvalue weighted by molar-refractivity contribution is -0.173. The monoisotopic (exact) mass is 421 g/mol. The summed E-state index contributed by atoms with van der Waals surface area (Å²) in [6.07, 6.45) is -3.75.